The normalized spacial score (nSPS) is 16.3. The van der Waals surface area contributed by atoms with Crippen LogP contribution in [0, 0.1) is 6.92 Å². The first-order valence-corrected chi connectivity index (χ1v) is 9.21. The van der Waals surface area contributed by atoms with Crippen molar-refractivity contribution in [1.29, 1.82) is 0 Å². The van der Waals surface area contributed by atoms with Crippen LogP contribution in [0.5, 0.6) is 0 Å². The quantitative estimate of drug-likeness (QED) is 0.718. The van der Waals surface area contributed by atoms with Crippen LogP contribution in [0.1, 0.15) is 28.8 Å². The number of fused-ring (bicyclic) bond motifs is 1. The average Bonchev–Trinajstić information content (AvgIpc) is 3.40. The van der Waals surface area contributed by atoms with Gasteiger partial charge in [-0.15, -0.1) is 0 Å². The number of pyridine rings is 1. The maximum Gasteiger partial charge on any atom is 0.258 e. The molecule has 1 fully saturated rings. The molecule has 7 nitrogen and oxygen atoms in total. The number of anilines is 2. The molecule has 1 aromatic carbocycles. The summed E-state index contributed by atoms with van der Waals surface area (Å²) < 4.78 is 1.56. The van der Waals surface area contributed by atoms with Gasteiger partial charge in [0.2, 0.25) is 0 Å². The van der Waals surface area contributed by atoms with Gasteiger partial charge in [-0.25, -0.2) is 14.6 Å². The first-order chi connectivity index (χ1) is 13.2. The van der Waals surface area contributed by atoms with E-state index < -0.39 is 0 Å². The molecular weight excluding hydrogens is 340 g/mol. The van der Waals surface area contributed by atoms with Gasteiger partial charge in [0.05, 0.1) is 11.4 Å². The molecule has 1 saturated carbocycles. The van der Waals surface area contributed by atoms with E-state index in [-0.39, 0.29) is 5.91 Å². The summed E-state index contributed by atoms with van der Waals surface area (Å²) in [5.41, 5.74) is 4.01. The highest BCUT2D eigenvalue weighted by Gasteiger charge is 2.36. The predicted octanol–water partition coefficient (Wildman–Crippen LogP) is 2.60. The molecule has 0 spiro atoms. The zero-order valence-corrected chi connectivity index (χ0v) is 15.1. The van der Waals surface area contributed by atoms with Gasteiger partial charge < -0.3 is 9.80 Å². The van der Waals surface area contributed by atoms with Gasteiger partial charge in [0.15, 0.2) is 5.82 Å². The third kappa shape index (κ3) is 2.75. The third-order valence-corrected chi connectivity index (χ3v) is 5.24. The Morgan fingerprint density at radius 3 is 2.85 bits per heavy atom. The van der Waals surface area contributed by atoms with Gasteiger partial charge in [-0.05, 0) is 43.5 Å². The van der Waals surface area contributed by atoms with Crippen LogP contribution in [0.15, 0.2) is 49.2 Å². The zero-order valence-electron chi connectivity index (χ0n) is 15.1. The Morgan fingerprint density at radius 1 is 1.19 bits per heavy atom. The van der Waals surface area contributed by atoms with Crippen molar-refractivity contribution < 1.29 is 4.79 Å². The van der Waals surface area contributed by atoms with E-state index in [1.165, 1.54) is 30.4 Å². The van der Waals surface area contributed by atoms with Gasteiger partial charge in [0, 0.05) is 30.9 Å². The molecule has 7 heteroatoms. The monoisotopic (exact) mass is 360 g/mol. The van der Waals surface area contributed by atoms with Crippen molar-refractivity contribution in [1.82, 2.24) is 19.7 Å². The molecule has 0 bridgehead atoms. The second kappa shape index (κ2) is 6.19. The van der Waals surface area contributed by atoms with Crippen molar-refractivity contribution in [3.8, 4) is 5.82 Å². The van der Waals surface area contributed by atoms with E-state index in [0.717, 1.165) is 12.2 Å². The van der Waals surface area contributed by atoms with Crippen molar-refractivity contribution >= 4 is 17.3 Å². The SMILES string of the molecule is Cc1cccc2c1N(C1CC1)CCN2C(=O)c1ccnc(-n2cncn2)c1. The summed E-state index contributed by atoms with van der Waals surface area (Å²) >= 11 is 0. The molecule has 3 heterocycles. The molecule has 2 aromatic heterocycles. The molecule has 5 rings (SSSR count). The molecule has 0 N–H and O–H groups in total. The number of nitrogens with zero attached hydrogens (tertiary/aromatic N) is 6. The van der Waals surface area contributed by atoms with Crippen molar-refractivity contribution in [2.45, 2.75) is 25.8 Å². The molecule has 2 aliphatic rings. The zero-order chi connectivity index (χ0) is 18.4. The highest BCUT2D eigenvalue weighted by molar-refractivity contribution is 6.08. The Kier molecular flexibility index (Phi) is 3.67. The Balaban J connectivity index is 1.52. The molecular formula is C20H20N6O. The van der Waals surface area contributed by atoms with Crippen molar-refractivity contribution in [3.63, 3.8) is 0 Å². The Labute approximate surface area is 157 Å². The topological polar surface area (TPSA) is 67.2 Å². The van der Waals surface area contributed by atoms with E-state index >= 15 is 0 Å². The molecule has 136 valence electrons. The summed E-state index contributed by atoms with van der Waals surface area (Å²) in [5.74, 6) is 0.570. The number of hydrogen-bond donors (Lipinski definition) is 0. The van der Waals surface area contributed by atoms with Crippen molar-refractivity contribution in [3.05, 3.63) is 60.3 Å². The van der Waals surface area contributed by atoms with Gasteiger partial charge in [-0.1, -0.05) is 12.1 Å². The lowest BCUT2D eigenvalue weighted by atomic mass is 10.1. The molecule has 1 amide bonds. The van der Waals surface area contributed by atoms with Crippen molar-refractivity contribution in [2.24, 2.45) is 0 Å². The largest absolute Gasteiger partial charge is 0.365 e. The first kappa shape index (κ1) is 16.0. The highest BCUT2D eigenvalue weighted by Crippen LogP contribution is 2.42. The fourth-order valence-corrected chi connectivity index (χ4v) is 3.80. The fraction of sp³-hybridized carbons (Fsp3) is 0.300. The molecule has 0 saturated heterocycles. The van der Waals surface area contributed by atoms with E-state index in [9.17, 15) is 4.79 Å². The first-order valence-electron chi connectivity index (χ1n) is 9.21. The number of aromatic nitrogens is 4. The highest BCUT2D eigenvalue weighted by atomic mass is 16.2. The van der Waals surface area contributed by atoms with Crippen LogP contribution >= 0.6 is 0 Å². The Bertz CT molecular complexity index is 995. The number of rotatable bonds is 3. The lowest BCUT2D eigenvalue weighted by molar-refractivity contribution is 0.0986. The summed E-state index contributed by atoms with van der Waals surface area (Å²) in [6.45, 7) is 3.68. The molecule has 0 radical (unpaired) electrons. The fourth-order valence-electron chi connectivity index (χ4n) is 3.80. The Hall–Kier alpha value is -3.22. The van der Waals surface area contributed by atoms with Crippen LogP contribution in [0.3, 0.4) is 0 Å². The smallest absolute Gasteiger partial charge is 0.258 e. The summed E-state index contributed by atoms with van der Waals surface area (Å²) in [6.07, 6.45) is 7.15. The van der Waals surface area contributed by atoms with Crippen LogP contribution in [0.4, 0.5) is 11.4 Å². The van der Waals surface area contributed by atoms with Crippen molar-refractivity contribution in [2.75, 3.05) is 22.9 Å². The van der Waals surface area contributed by atoms with Crippen LogP contribution in [-0.2, 0) is 0 Å². The number of hydrogen-bond acceptors (Lipinski definition) is 5. The molecule has 27 heavy (non-hydrogen) atoms. The maximum atomic E-state index is 13.3. The summed E-state index contributed by atoms with van der Waals surface area (Å²) in [5, 5.41) is 4.09. The molecule has 1 aliphatic heterocycles. The van der Waals surface area contributed by atoms with E-state index in [1.807, 2.05) is 17.0 Å². The lowest BCUT2D eigenvalue weighted by Crippen LogP contribution is -2.45. The Morgan fingerprint density at radius 2 is 2.07 bits per heavy atom. The van der Waals surface area contributed by atoms with Crippen LogP contribution in [-0.4, -0.2) is 44.8 Å². The number of para-hydroxylation sites is 1. The van der Waals surface area contributed by atoms with Gasteiger partial charge in [0.25, 0.3) is 5.91 Å². The van der Waals surface area contributed by atoms with Crippen LogP contribution in [0.25, 0.3) is 5.82 Å². The number of amides is 1. The molecule has 1 aliphatic carbocycles. The summed E-state index contributed by atoms with van der Waals surface area (Å²) in [7, 11) is 0. The minimum absolute atomic E-state index is 0.0129. The second-order valence-corrected chi connectivity index (χ2v) is 7.07. The van der Waals surface area contributed by atoms with Gasteiger partial charge in [0.1, 0.15) is 12.7 Å². The van der Waals surface area contributed by atoms with E-state index in [4.69, 9.17) is 0 Å². The van der Waals surface area contributed by atoms with E-state index in [2.05, 4.69) is 33.0 Å². The second-order valence-electron chi connectivity index (χ2n) is 7.07. The number of carbonyl (C=O) groups is 1. The van der Waals surface area contributed by atoms with Gasteiger partial charge >= 0.3 is 0 Å². The van der Waals surface area contributed by atoms with E-state index in [0.29, 0.717) is 24.0 Å². The minimum atomic E-state index is -0.0129. The number of carbonyl (C=O) groups excluding carboxylic acids is 1. The standard InChI is InChI=1S/C20H20N6O/c1-14-3-2-4-17-19(14)24(16-5-6-16)9-10-25(17)20(27)15-7-8-22-18(11-15)26-13-21-12-23-26/h2-4,7-8,11-13,16H,5-6,9-10H2,1H3. The predicted molar refractivity (Wildman–Crippen MR) is 102 cm³/mol. The molecule has 0 atom stereocenters. The van der Waals surface area contributed by atoms with Gasteiger partial charge in [-0.2, -0.15) is 5.10 Å². The number of benzene rings is 1. The lowest BCUT2D eigenvalue weighted by Gasteiger charge is -2.39. The van der Waals surface area contributed by atoms with Crippen LogP contribution in [0.2, 0.25) is 0 Å². The summed E-state index contributed by atoms with van der Waals surface area (Å²) in [4.78, 5) is 25.9. The minimum Gasteiger partial charge on any atom is -0.365 e. The summed E-state index contributed by atoms with van der Waals surface area (Å²) in [6, 6.07) is 10.3. The van der Waals surface area contributed by atoms with E-state index in [1.54, 1.807) is 29.3 Å². The van der Waals surface area contributed by atoms with Gasteiger partial charge in [-0.3, -0.25) is 4.79 Å². The molecule has 3 aromatic rings. The number of aryl methyl sites for hydroxylation is 1. The maximum absolute atomic E-state index is 13.3. The van der Waals surface area contributed by atoms with Crippen LogP contribution < -0.4 is 9.80 Å². The average molecular weight is 360 g/mol. The molecule has 0 unspecified atom stereocenters. The third-order valence-electron chi connectivity index (χ3n) is 5.24.